The number of nitrogens with zero attached hydrogens (tertiary/aromatic N) is 2. The molecule has 1 amide bonds. The van der Waals surface area contributed by atoms with Gasteiger partial charge in [-0.2, -0.15) is 0 Å². The lowest BCUT2D eigenvalue weighted by Crippen LogP contribution is -2.28. The summed E-state index contributed by atoms with van der Waals surface area (Å²) < 4.78 is 20.1. The maximum atomic E-state index is 13.9. The molecule has 0 saturated heterocycles. The largest absolute Gasteiger partial charge is 0.372 e. The molecule has 1 atom stereocenters. The van der Waals surface area contributed by atoms with Gasteiger partial charge in [0, 0.05) is 23.5 Å². The molecule has 1 unspecified atom stereocenters. The zero-order valence-corrected chi connectivity index (χ0v) is 15.6. The van der Waals surface area contributed by atoms with E-state index in [-0.39, 0.29) is 24.1 Å². The van der Waals surface area contributed by atoms with E-state index in [1.54, 1.807) is 19.2 Å². The Morgan fingerprint density at radius 2 is 2.26 bits per heavy atom. The fourth-order valence-corrected chi connectivity index (χ4v) is 3.23. The first-order chi connectivity index (χ1) is 10.9. The predicted molar refractivity (Wildman–Crippen MR) is 93.4 cm³/mol. The lowest BCUT2D eigenvalue weighted by atomic mass is 10.2. The number of halogens is 2. The predicted octanol–water partition coefficient (Wildman–Crippen LogP) is 4.35. The Labute approximate surface area is 147 Å². The molecular formula is C16H18BrFN2O2S. The average Bonchev–Trinajstić information content (AvgIpc) is 2.95. The highest BCUT2D eigenvalue weighted by Gasteiger charge is 2.18. The van der Waals surface area contributed by atoms with Gasteiger partial charge in [0.1, 0.15) is 16.9 Å². The van der Waals surface area contributed by atoms with Crippen molar-refractivity contribution >= 4 is 38.9 Å². The van der Waals surface area contributed by atoms with Crippen LogP contribution >= 0.6 is 27.3 Å². The Morgan fingerprint density at radius 1 is 1.52 bits per heavy atom. The SMILES string of the molecule is CCOC(C)c1nc(CC(=O)N(C)c2ccc(Br)cc2F)cs1. The molecule has 124 valence electrons. The molecule has 2 aromatic rings. The summed E-state index contributed by atoms with van der Waals surface area (Å²) in [4.78, 5) is 18.1. The van der Waals surface area contributed by atoms with Crippen molar-refractivity contribution in [2.24, 2.45) is 0 Å². The number of amides is 1. The number of carbonyl (C=O) groups is 1. The summed E-state index contributed by atoms with van der Waals surface area (Å²) in [6.07, 6.45) is 0.0388. The van der Waals surface area contributed by atoms with Crippen molar-refractivity contribution in [3.8, 4) is 0 Å². The first kappa shape index (κ1) is 18.0. The second kappa shape index (κ2) is 7.99. The molecule has 0 radical (unpaired) electrons. The fourth-order valence-electron chi connectivity index (χ4n) is 2.07. The molecule has 0 aliphatic carbocycles. The number of benzene rings is 1. The number of carbonyl (C=O) groups excluding carboxylic acids is 1. The summed E-state index contributed by atoms with van der Waals surface area (Å²) in [5, 5.41) is 2.68. The minimum atomic E-state index is -0.445. The van der Waals surface area contributed by atoms with Crippen LogP contribution in [-0.2, 0) is 16.0 Å². The van der Waals surface area contributed by atoms with Gasteiger partial charge in [-0.15, -0.1) is 11.3 Å². The zero-order valence-electron chi connectivity index (χ0n) is 13.2. The molecule has 1 aromatic heterocycles. The molecule has 0 bridgehead atoms. The zero-order chi connectivity index (χ0) is 17.0. The summed E-state index contributed by atoms with van der Waals surface area (Å²) in [5.41, 5.74) is 0.919. The summed E-state index contributed by atoms with van der Waals surface area (Å²) in [6.45, 7) is 4.47. The van der Waals surface area contributed by atoms with Crippen LogP contribution in [0.15, 0.2) is 28.1 Å². The third-order valence-corrected chi connectivity index (χ3v) is 4.86. The van der Waals surface area contributed by atoms with E-state index >= 15 is 0 Å². The normalized spacial score (nSPS) is 12.2. The average molecular weight is 401 g/mol. The Balaban J connectivity index is 2.06. The monoisotopic (exact) mass is 400 g/mol. The Bertz CT molecular complexity index is 692. The molecular weight excluding hydrogens is 383 g/mol. The quantitative estimate of drug-likeness (QED) is 0.723. The smallest absolute Gasteiger partial charge is 0.232 e. The highest BCUT2D eigenvalue weighted by atomic mass is 79.9. The van der Waals surface area contributed by atoms with Crippen LogP contribution in [0.1, 0.15) is 30.7 Å². The number of aromatic nitrogens is 1. The molecule has 0 N–H and O–H groups in total. The van der Waals surface area contributed by atoms with Crippen molar-refractivity contribution in [1.29, 1.82) is 0 Å². The third kappa shape index (κ3) is 4.59. The number of hydrogen-bond donors (Lipinski definition) is 0. The molecule has 1 heterocycles. The van der Waals surface area contributed by atoms with E-state index in [4.69, 9.17) is 4.74 Å². The summed E-state index contributed by atoms with van der Waals surface area (Å²) in [7, 11) is 1.56. The van der Waals surface area contributed by atoms with Gasteiger partial charge in [0.2, 0.25) is 5.91 Å². The minimum Gasteiger partial charge on any atom is -0.372 e. The van der Waals surface area contributed by atoms with Gasteiger partial charge in [-0.1, -0.05) is 15.9 Å². The second-order valence-corrected chi connectivity index (χ2v) is 6.81. The first-order valence-corrected chi connectivity index (χ1v) is 8.87. The second-order valence-electron chi connectivity index (χ2n) is 5.00. The molecule has 1 aromatic carbocycles. The number of rotatable bonds is 6. The van der Waals surface area contributed by atoms with Crippen molar-refractivity contribution < 1.29 is 13.9 Å². The van der Waals surface area contributed by atoms with Crippen LogP contribution in [0.5, 0.6) is 0 Å². The van der Waals surface area contributed by atoms with Crippen molar-refractivity contribution in [1.82, 2.24) is 4.98 Å². The van der Waals surface area contributed by atoms with Crippen LogP contribution in [0.25, 0.3) is 0 Å². The molecule has 0 fully saturated rings. The van der Waals surface area contributed by atoms with Crippen LogP contribution < -0.4 is 4.90 Å². The maximum absolute atomic E-state index is 13.9. The fraction of sp³-hybridized carbons (Fsp3) is 0.375. The number of ether oxygens (including phenoxy) is 1. The number of hydrogen-bond acceptors (Lipinski definition) is 4. The molecule has 2 rings (SSSR count). The molecule has 0 saturated carbocycles. The number of likely N-dealkylation sites (N-methyl/N-ethyl adjacent to an activating group) is 1. The Kier molecular flexibility index (Phi) is 6.26. The van der Waals surface area contributed by atoms with Crippen LogP contribution in [0.3, 0.4) is 0 Å². The van der Waals surface area contributed by atoms with Crippen LogP contribution in [0.2, 0.25) is 0 Å². The lowest BCUT2D eigenvalue weighted by Gasteiger charge is -2.17. The third-order valence-electron chi connectivity index (χ3n) is 3.31. The molecule has 23 heavy (non-hydrogen) atoms. The number of anilines is 1. The summed E-state index contributed by atoms with van der Waals surface area (Å²) in [5.74, 6) is -0.661. The molecule has 0 aliphatic heterocycles. The van der Waals surface area contributed by atoms with Crippen molar-refractivity contribution in [3.05, 3.63) is 44.6 Å². The van der Waals surface area contributed by atoms with E-state index in [1.165, 1.54) is 22.3 Å². The lowest BCUT2D eigenvalue weighted by molar-refractivity contribution is -0.117. The van der Waals surface area contributed by atoms with E-state index in [1.807, 2.05) is 19.2 Å². The van der Waals surface area contributed by atoms with Gasteiger partial charge in [0.05, 0.1) is 17.8 Å². The van der Waals surface area contributed by atoms with Gasteiger partial charge in [-0.3, -0.25) is 4.79 Å². The Hall–Kier alpha value is -1.31. The summed E-state index contributed by atoms with van der Waals surface area (Å²) >= 11 is 4.67. The van der Waals surface area contributed by atoms with E-state index in [2.05, 4.69) is 20.9 Å². The van der Waals surface area contributed by atoms with Crippen molar-refractivity contribution in [3.63, 3.8) is 0 Å². The minimum absolute atomic E-state index is 0.0875. The van der Waals surface area contributed by atoms with Gasteiger partial charge >= 0.3 is 0 Å². The van der Waals surface area contributed by atoms with Gasteiger partial charge in [-0.05, 0) is 32.0 Å². The van der Waals surface area contributed by atoms with Crippen LogP contribution in [-0.4, -0.2) is 24.5 Å². The van der Waals surface area contributed by atoms with Crippen molar-refractivity contribution in [2.45, 2.75) is 26.4 Å². The first-order valence-electron chi connectivity index (χ1n) is 7.19. The van der Waals surface area contributed by atoms with E-state index < -0.39 is 5.82 Å². The molecule has 0 spiro atoms. The van der Waals surface area contributed by atoms with E-state index in [0.29, 0.717) is 16.8 Å². The molecule has 0 aliphatic rings. The van der Waals surface area contributed by atoms with Crippen LogP contribution in [0, 0.1) is 5.82 Å². The van der Waals surface area contributed by atoms with E-state index in [9.17, 15) is 9.18 Å². The highest BCUT2D eigenvalue weighted by molar-refractivity contribution is 9.10. The highest BCUT2D eigenvalue weighted by Crippen LogP contribution is 2.24. The van der Waals surface area contributed by atoms with Gasteiger partial charge in [-0.25, -0.2) is 9.37 Å². The van der Waals surface area contributed by atoms with E-state index in [0.717, 1.165) is 5.01 Å². The maximum Gasteiger partial charge on any atom is 0.232 e. The molecule has 7 heteroatoms. The van der Waals surface area contributed by atoms with Gasteiger partial charge < -0.3 is 9.64 Å². The summed E-state index contributed by atoms with van der Waals surface area (Å²) in [6, 6.07) is 4.61. The molecule has 4 nitrogen and oxygen atoms in total. The van der Waals surface area contributed by atoms with Crippen molar-refractivity contribution in [2.75, 3.05) is 18.6 Å². The Morgan fingerprint density at radius 3 is 2.91 bits per heavy atom. The van der Waals surface area contributed by atoms with Gasteiger partial charge in [0.25, 0.3) is 0 Å². The van der Waals surface area contributed by atoms with Gasteiger partial charge in [0.15, 0.2) is 0 Å². The standard InChI is InChI=1S/C16H18BrFN2O2S/c1-4-22-10(2)16-19-12(9-23-16)8-15(21)20(3)14-6-5-11(17)7-13(14)18/h5-7,9-10H,4,8H2,1-3H3. The topological polar surface area (TPSA) is 42.4 Å². The van der Waals surface area contributed by atoms with Crippen LogP contribution in [0.4, 0.5) is 10.1 Å². The number of thiazole rings is 1.